The quantitative estimate of drug-likeness (QED) is 0.364. The Labute approximate surface area is 105 Å². The largest absolute Gasteiger partial charge is 0.299 e. The molecule has 0 aliphatic rings. The molecule has 0 bridgehead atoms. The second-order valence-electron chi connectivity index (χ2n) is 4.88. The zero-order valence-electron chi connectivity index (χ0n) is 11.5. The fourth-order valence-electron chi connectivity index (χ4n) is 1.73. The molecule has 0 rings (SSSR count). The van der Waals surface area contributed by atoms with Crippen molar-refractivity contribution in [3.63, 3.8) is 0 Å². The van der Waals surface area contributed by atoms with Crippen molar-refractivity contribution in [2.45, 2.75) is 53.4 Å². The van der Waals surface area contributed by atoms with E-state index in [0.29, 0.717) is 6.42 Å². The van der Waals surface area contributed by atoms with Crippen LogP contribution in [-0.2, 0) is 9.59 Å². The molecule has 0 fully saturated rings. The molecule has 2 heteroatoms. The van der Waals surface area contributed by atoms with Crippen molar-refractivity contribution in [1.29, 1.82) is 0 Å². The van der Waals surface area contributed by atoms with Crippen LogP contribution in [0.3, 0.4) is 0 Å². The highest BCUT2D eigenvalue weighted by Crippen LogP contribution is 2.15. The molecule has 0 saturated carbocycles. The van der Waals surface area contributed by atoms with E-state index in [1.807, 2.05) is 13.8 Å². The molecule has 0 radical (unpaired) electrons. The highest BCUT2D eigenvalue weighted by Gasteiger charge is 2.19. The zero-order valence-corrected chi connectivity index (χ0v) is 11.5. The van der Waals surface area contributed by atoms with Crippen LogP contribution >= 0.6 is 0 Å². The predicted molar refractivity (Wildman–Crippen MR) is 71.9 cm³/mol. The van der Waals surface area contributed by atoms with Crippen molar-refractivity contribution in [2.24, 2.45) is 5.92 Å². The summed E-state index contributed by atoms with van der Waals surface area (Å²) in [7, 11) is 0. The number of carbonyl (C=O) groups is 2. The third-order valence-corrected chi connectivity index (χ3v) is 2.81. The van der Waals surface area contributed by atoms with E-state index in [-0.39, 0.29) is 11.6 Å². The van der Waals surface area contributed by atoms with Crippen molar-refractivity contribution >= 4 is 11.6 Å². The molecule has 0 atom stereocenters. The van der Waals surface area contributed by atoms with Gasteiger partial charge in [0.05, 0.1) is 5.92 Å². The Morgan fingerprint density at radius 2 is 1.65 bits per heavy atom. The number of ketones is 2. The lowest BCUT2D eigenvalue weighted by molar-refractivity contribution is -0.130. The lowest BCUT2D eigenvalue weighted by Gasteiger charge is -2.10. The summed E-state index contributed by atoms with van der Waals surface area (Å²) < 4.78 is 0. The van der Waals surface area contributed by atoms with Gasteiger partial charge in [-0.15, -0.1) is 6.58 Å². The number of carbonyl (C=O) groups excluding carboxylic acids is 2. The van der Waals surface area contributed by atoms with E-state index >= 15 is 0 Å². The topological polar surface area (TPSA) is 34.1 Å². The van der Waals surface area contributed by atoms with E-state index in [9.17, 15) is 9.59 Å². The molecule has 96 valence electrons. The monoisotopic (exact) mass is 236 g/mol. The van der Waals surface area contributed by atoms with Gasteiger partial charge >= 0.3 is 0 Å². The summed E-state index contributed by atoms with van der Waals surface area (Å²) in [5.41, 5.74) is 2.32. The van der Waals surface area contributed by atoms with E-state index < -0.39 is 5.92 Å². The standard InChI is InChI=1S/C15H24O2/c1-11(2)8-6-7-9-12(3)10-15(13(4)16)14(5)17/h9,15H,1,6-8,10H2,2-5H3. The number of hydrogen-bond donors (Lipinski definition) is 0. The van der Waals surface area contributed by atoms with Crippen molar-refractivity contribution in [2.75, 3.05) is 0 Å². The van der Waals surface area contributed by atoms with Crippen molar-refractivity contribution in [3.8, 4) is 0 Å². The van der Waals surface area contributed by atoms with Crippen LogP contribution in [0.4, 0.5) is 0 Å². The van der Waals surface area contributed by atoms with Crippen LogP contribution < -0.4 is 0 Å². The smallest absolute Gasteiger partial charge is 0.140 e. The van der Waals surface area contributed by atoms with E-state index in [0.717, 1.165) is 24.8 Å². The van der Waals surface area contributed by atoms with Crippen LogP contribution in [0.1, 0.15) is 53.4 Å². The van der Waals surface area contributed by atoms with E-state index in [1.54, 1.807) is 0 Å². The number of hydrogen-bond acceptors (Lipinski definition) is 2. The number of rotatable bonds is 8. The van der Waals surface area contributed by atoms with Crippen molar-refractivity contribution in [3.05, 3.63) is 23.8 Å². The minimum Gasteiger partial charge on any atom is -0.299 e. The van der Waals surface area contributed by atoms with Crippen LogP contribution in [0, 0.1) is 5.92 Å². The Kier molecular flexibility index (Phi) is 7.44. The van der Waals surface area contributed by atoms with Gasteiger partial charge < -0.3 is 0 Å². The predicted octanol–water partition coefficient (Wildman–Crippen LogP) is 3.86. The average molecular weight is 236 g/mol. The molecular weight excluding hydrogens is 212 g/mol. The minimum atomic E-state index is -0.451. The van der Waals surface area contributed by atoms with Gasteiger partial charge in [0.15, 0.2) is 0 Å². The Morgan fingerprint density at radius 1 is 1.12 bits per heavy atom. The molecule has 0 aliphatic carbocycles. The van der Waals surface area contributed by atoms with Gasteiger partial charge in [0, 0.05) is 0 Å². The van der Waals surface area contributed by atoms with Crippen LogP contribution in [0.25, 0.3) is 0 Å². The number of unbranched alkanes of at least 4 members (excludes halogenated alkanes) is 1. The molecule has 0 amide bonds. The third-order valence-electron chi connectivity index (χ3n) is 2.81. The van der Waals surface area contributed by atoms with Gasteiger partial charge in [0.1, 0.15) is 11.6 Å². The molecule has 0 aromatic carbocycles. The fraction of sp³-hybridized carbons (Fsp3) is 0.600. The van der Waals surface area contributed by atoms with Crippen molar-refractivity contribution < 1.29 is 9.59 Å². The Hall–Kier alpha value is -1.18. The summed E-state index contributed by atoms with van der Waals surface area (Å²) >= 11 is 0. The molecule has 0 spiro atoms. The van der Waals surface area contributed by atoms with Gasteiger partial charge in [0.2, 0.25) is 0 Å². The van der Waals surface area contributed by atoms with E-state index in [1.165, 1.54) is 19.4 Å². The molecule has 0 unspecified atom stereocenters. The van der Waals surface area contributed by atoms with Gasteiger partial charge in [-0.2, -0.15) is 0 Å². The van der Waals surface area contributed by atoms with Gasteiger partial charge in [-0.05, 0) is 53.4 Å². The first-order valence-corrected chi connectivity index (χ1v) is 6.15. The summed E-state index contributed by atoms with van der Waals surface area (Å²) in [5, 5.41) is 0. The third kappa shape index (κ3) is 7.67. The molecule has 0 N–H and O–H groups in total. The molecule has 0 heterocycles. The molecule has 0 aromatic heterocycles. The van der Waals surface area contributed by atoms with Gasteiger partial charge in [-0.25, -0.2) is 0 Å². The van der Waals surface area contributed by atoms with Crippen LogP contribution in [0.2, 0.25) is 0 Å². The highest BCUT2D eigenvalue weighted by atomic mass is 16.1. The Balaban J connectivity index is 4.17. The molecule has 2 nitrogen and oxygen atoms in total. The highest BCUT2D eigenvalue weighted by molar-refractivity contribution is 6.00. The van der Waals surface area contributed by atoms with Gasteiger partial charge in [-0.1, -0.05) is 17.2 Å². The molecular formula is C15H24O2. The zero-order chi connectivity index (χ0) is 13.4. The fourth-order valence-corrected chi connectivity index (χ4v) is 1.73. The molecule has 17 heavy (non-hydrogen) atoms. The second-order valence-corrected chi connectivity index (χ2v) is 4.88. The average Bonchev–Trinajstić information content (AvgIpc) is 2.19. The minimum absolute atomic E-state index is 0.0350. The lowest BCUT2D eigenvalue weighted by atomic mass is 9.92. The van der Waals surface area contributed by atoms with Crippen molar-refractivity contribution in [1.82, 2.24) is 0 Å². The summed E-state index contributed by atoms with van der Waals surface area (Å²) in [4.78, 5) is 22.6. The summed E-state index contributed by atoms with van der Waals surface area (Å²) in [6.07, 6.45) is 5.80. The number of Topliss-reactive ketones (excluding diaryl/α,β-unsaturated/α-hetero) is 2. The lowest BCUT2D eigenvalue weighted by Crippen LogP contribution is -2.19. The van der Waals surface area contributed by atoms with E-state index in [4.69, 9.17) is 0 Å². The van der Waals surface area contributed by atoms with E-state index in [2.05, 4.69) is 12.7 Å². The normalized spacial score (nSPS) is 11.7. The maximum atomic E-state index is 11.3. The first kappa shape index (κ1) is 15.8. The maximum Gasteiger partial charge on any atom is 0.140 e. The van der Waals surface area contributed by atoms with Crippen LogP contribution in [0.15, 0.2) is 23.8 Å². The Morgan fingerprint density at radius 3 is 2.06 bits per heavy atom. The summed E-state index contributed by atoms with van der Waals surface area (Å²) in [6.45, 7) is 10.8. The second kappa shape index (κ2) is 7.99. The molecule has 0 saturated heterocycles. The molecule has 0 aromatic rings. The summed E-state index contributed by atoms with van der Waals surface area (Å²) in [5.74, 6) is -0.522. The van der Waals surface area contributed by atoms with Crippen LogP contribution in [0.5, 0.6) is 0 Å². The first-order chi connectivity index (χ1) is 7.84. The van der Waals surface area contributed by atoms with Crippen LogP contribution in [-0.4, -0.2) is 11.6 Å². The SMILES string of the molecule is C=C(C)CCCC=C(C)CC(C(C)=O)C(C)=O. The Bertz CT molecular complexity index is 310. The maximum absolute atomic E-state index is 11.3. The molecule has 0 aliphatic heterocycles. The first-order valence-electron chi connectivity index (χ1n) is 6.15. The summed E-state index contributed by atoms with van der Waals surface area (Å²) in [6, 6.07) is 0. The van der Waals surface area contributed by atoms with Gasteiger partial charge in [0.25, 0.3) is 0 Å². The van der Waals surface area contributed by atoms with Gasteiger partial charge in [-0.3, -0.25) is 9.59 Å². The number of allylic oxidation sites excluding steroid dienone is 3.